The number of hydrogen-bond acceptors (Lipinski definition) is 5. The average Bonchev–Trinajstić information content (AvgIpc) is 2.86. The van der Waals surface area contributed by atoms with E-state index >= 15 is 0 Å². The van der Waals surface area contributed by atoms with Crippen LogP contribution in [-0.4, -0.2) is 24.0 Å². The average molecular weight is 341 g/mol. The number of carbonyl (C=O) groups excluding carboxylic acids is 2. The lowest BCUT2D eigenvalue weighted by Crippen LogP contribution is -2.14. The number of thiophene rings is 1. The van der Waals surface area contributed by atoms with E-state index in [-0.39, 0.29) is 5.91 Å². The van der Waals surface area contributed by atoms with Gasteiger partial charge in [0.2, 0.25) is 0 Å². The van der Waals surface area contributed by atoms with Crippen molar-refractivity contribution in [3.05, 3.63) is 44.8 Å². The van der Waals surface area contributed by atoms with E-state index in [0.717, 1.165) is 0 Å². The van der Waals surface area contributed by atoms with Crippen molar-refractivity contribution >= 4 is 44.8 Å². The number of aromatic nitrogens is 1. The molecular weight excluding hydrogens is 332 g/mol. The maximum absolute atomic E-state index is 12.0. The van der Waals surface area contributed by atoms with Crippen LogP contribution in [0.5, 0.6) is 0 Å². The number of ether oxygens (including phenoxy) is 1. The first-order chi connectivity index (χ1) is 9.11. The van der Waals surface area contributed by atoms with Crippen LogP contribution in [0.3, 0.4) is 0 Å². The number of nitrogens with zero attached hydrogens (tertiary/aromatic N) is 1. The van der Waals surface area contributed by atoms with Crippen LogP contribution in [0.4, 0.5) is 5.69 Å². The minimum atomic E-state index is -0.473. The number of hydrogen-bond donors (Lipinski definition) is 1. The van der Waals surface area contributed by atoms with Crippen molar-refractivity contribution < 1.29 is 14.3 Å². The Balaban J connectivity index is 2.17. The summed E-state index contributed by atoms with van der Waals surface area (Å²) in [4.78, 5) is 27.8. The van der Waals surface area contributed by atoms with Crippen molar-refractivity contribution in [2.75, 3.05) is 12.4 Å². The van der Waals surface area contributed by atoms with Crippen LogP contribution in [0.1, 0.15) is 20.0 Å². The van der Waals surface area contributed by atoms with Gasteiger partial charge in [0.05, 0.1) is 18.4 Å². The Morgan fingerprint density at radius 3 is 2.79 bits per heavy atom. The monoisotopic (exact) mass is 340 g/mol. The van der Waals surface area contributed by atoms with Crippen molar-refractivity contribution in [3.63, 3.8) is 0 Å². The minimum absolute atomic E-state index is 0.330. The van der Waals surface area contributed by atoms with Crippen molar-refractivity contribution in [1.29, 1.82) is 0 Å². The molecule has 0 atom stereocenters. The van der Waals surface area contributed by atoms with Crippen molar-refractivity contribution in [2.24, 2.45) is 0 Å². The molecule has 0 saturated heterocycles. The summed E-state index contributed by atoms with van der Waals surface area (Å²) >= 11 is 4.40. The van der Waals surface area contributed by atoms with E-state index in [9.17, 15) is 9.59 Å². The molecule has 2 aromatic rings. The number of nitrogens with one attached hydrogen (secondary N) is 1. The van der Waals surface area contributed by atoms with Gasteiger partial charge >= 0.3 is 5.97 Å². The predicted octanol–water partition coefficient (Wildman–Crippen LogP) is 2.94. The largest absolute Gasteiger partial charge is 0.465 e. The van der Waals surface area contributed by atoms with Gasteiger partial charge in [0.1, 0.15) is 9.48 Å². The number of carbonyl (C=O) groups is 2. The maximum Gasteiger partial charge on any atom is 0.350 e. The lowest BCUT2D eigenvalue weighted by atomic mass is 10.2. The van der Waals surface area contributed by atoms with Gasteiger partial charge in [-0.2, -0.15) is 0 Å². The third kappa shape index (κ3) is 3.18. The molecule has 7 heteroatoms. The molecule has 0 saturated carbocycles. The fourth-order valence-electron chi connectivity index (χ4n) is 1.36. The third-order valence-corrected chi connectivity index (χ3v) is 3.64. The number of pyridine rings is 1. The summed E-state index contributed by atoms with van der Waals surface area (Å²) in [5.41, 5.74) is 0.843. The molecule has 0 aliphatic heterocycles. The Morgan fingerprint density at radius 2 is 2.16 bits per heavy atom. The topological polar surface area (TPSA) is 68.3 Å². The molecule has 2 rings (SSSR count). The molecule has 0 aromatic carbocycles. The van der Waals surface area contributed by atoms with Gasteiger partial charge in [-0.25, -0.2) is 9.78 Å². The van der Waals surface area contributed by atoms with E-state index in [0.29, 0.717) is 20.7 Å². The van der Waals surface area contributed by atoms with Gasteiger partial charge in [-0.05, 0) is 39.5 Å². The van der Waals surface area contributed by atoms with Crippen molar-refractivity contribution in [3.8, 4) is 0 Å². The van der Waals surface area contributed by atoms with Gasteiger partial charge in [-0.1, -0.05) is 0 Å². The molecule has 0 spiro atoms. The fourth-order valence-corrected chi connectivity index (χ4v) is 2.36. The SMILES string of the molecule is COC(=O)c1sccc1NC(=O)c1ccc(Br)nc1. The molecule has 0 bridgehead atoms. The van der Waals surface area contributed by atoms with Crippen LogP contribution in [0.2, 0.25) is 0 Å². The van der Waals surface area contributed by atoms with Gasteiger partial charge in [0, 0.05) is 6.20 Å². The Kier molecular flexibility index (Phi) is 4.28. The van der Waals surface area contributed by atoms with E-state index in [2.05, 4.69) is 31.0 Å². The molecule has 0 unspecified atom stereocenters. The second-order valence-corrected chi connectivity index (χ2v) is 5.21. The Labute approximate surface area is 121 Å². The third-order valence-electron chi connectivity index (χ3n) is 2.27. The highest BCUT2D eigenvalue weighted by atomic mass is 79.9. The minimum Gasteiger partial charge on any atom is -0.465 e. The number of anilines is 1. The zero-order valence-corrected chi connectivity index (χ0v) is 12.2. The highest BCUT2D eigenvalue weighted by Crippen LogP contribution is 2.23. The van der Waals surface area contributed by atoms with Gasteiger partial charge in [0.15, 0.2) is 0 Å². The van der Waals surface area contributed by atoms with E-state index in [1.54, 1.807) is 23.6 Å². The van der Waals surface area contributed by atoms with Crippen LogP contribution < -0.4 is 5.32 Å². The molecule has 19 heavy (non-hydrogen) atoms. The number of esters is 1. The summed E-state index contributed by atoms with van der Waals surface area (Å²) in [6, 6.07) is 4.96. The van der Waals surface area contributed by atoms with Crippen LogP contribution in [0.15, 0.2) is 34.4 Å². The molecule has 5 nitrogen and oxygen atoms in total. The quantitative estimate of drug-likeness (QED) is 0.688. The second kappa shape index (κ2) is 5.94. The molecule has 98 valence electrons. The smallest absolute Gasteiger partial charge is 0.350 e. The van der Waals surface area contributed by atoms with E-state index < -0.39 is 5.97 Å². The molecule has 0 aliphatic rings. The molecule has 1 amide bonds. The van der Waals surface area contributed by atoms with Crippen LogP contribution in [0, 0.1) is 0 Å². The van der Waals surface area contributed by atoms with Crippen molar-refractivity contribution in [1.82, 2.24) is 4.98 Å². The standard InChI is InChI=1S/C12H9BrN2O3S/c1-18-12(17)10-8(4-5-19-10)15-11(16)7-2-3-9(13)14-6-7/h2-6H,1H3,(H,15,16). The fraction of sp³-hybridized carbons (Fsp3) is 0.0833. The highest BCUT2D eigenvalue weighted by molar-refractivity contribution is 9.10. The lowest BCUT2D eigenvalue weighted by Gasteiger charge is -2.05. The molecule has 0 aliphatic carbocycles. The van der Waals surface area contributed by atoms with Gasteiger partial charge in [-0.15, -0.1) is 11.3 Å². The molecular formula is C12H9BrN2O3S. The summed E-state index contributed by atoms with van der Waals surface area (Å²) in [6.07, 6.45) is 1.45. The summed E-state index contributed by atoms with van der Waals surface area (Å²) in [7, 11) is 1.30. The second-order valence-electron chi connectivity index (χ2n) is 3.48. The summed E-state index contributed by atoms with van der Waals surface area (Å²) in [6.45, 7) is 0. The Bertz CT molecular complexity index is 610. The predicted molar refractivity (Wildman–Crippen MR) is 75.5 cm³/mol. The zero-order valence-electron chi connectivity index (χ0n) is 9.84. The first-order valence-electron chi connectivity index (χ1n) is 5.20. The summed E-state index contributed by atoms with van der Waals surface area (Å²) in [5, 5.41) is 4.37. The van der Waals surface area contributed by atoms with Gasteiger partial charge < -0.3 is 10.1 Å². The summed E-state index contributed by atoms with van der Waals surface area (Å²) < 4.78 is 5.29. The highest BCUT2D eigenvalue weighted by Gasteiger charge is 2.16. The van der Waals surface area contributed by atoms with E-state index in [1.807, 2.05) is 0 Å². The maximum atomic E-state index is 12.0. The number of amides is 1. The normalized spacial score (nSPS) is 10.0. The molecule has 2 heterocycles. The van der Waals surface area contributed by atoms with E-state index in [4.69, 9.17) is 0 Å². The Hall–Kier alpha value is -1.73. The van der Waals surface area contributed by atoms with Crippen molar-refractivity contribution in [2.45, 2.75) is 0 Å². The van der Waals surface area contributed by atoms with Crippen LogP contribution in [-0.2, 0) is 4.74 Å². The van der Waals surface area contributed by atoms with Crippen LogP contribution >= 0.6 is 27.3 Å². The van der Waals surface area contributed by atoms with E-state index in [1.165, 1.54) is 24.6 Å². The Morgan fingerprint density at radius 1 is 1.37 bits per heavy atom. The zero-order chi connectivity index (χ0) is 13.8. The molecule has 2 aromatic heterocycles. The lowest BCUT2D eigenvalue weighted by molar-refractivity contribution is 0.0607. The molecule has 0 radical (unpaired) electrons. The number of methoxy groups -OCH3 is 1. The number of rotatable bonds is 3. The summed E-state index contributed by atoms with van der Waals surface area (Å²) in [5.74, 6) is -0.803. The first-order valence-corrected chi connectivity index (χ1v) is 6.88. The van der Waals surface area contributed by atoms with Gasteiger partial charge in [-0.3, -0.25) is 4.79 Å². The van der Waals surface area contributed by atoms with Gasteiger partial charge in [0.25, 0.3) is 5.91 Å². The molecule has 1 N–H and O–H groups in total. The first kappa shape index (κ1) is 13.7. The van der Waals surface area contributed by atoms with Crippen LogP contribution in [0.25, 0.3) is 0 Å². The molecule has 0 fully saturated rings. The number of halogens is 1.